The zero-order chi connectivity index (χ0) is 14.1. The number of allylic oxidation sites excluding steroid dienone is 2. The van der Waals surface area contributed by atoms with Gasteiger partial charge in [-0.3, -0.25) is 0 Å². The molecule has 19 heavy (non-hydrogen) atoms. The van der Waals surface area contributed by atoms with Crippen molar-refractivity contribution in [2.75, 3.05) is 13.7 Å². The minimum Gasteiger partial charge on any atom is -0.483 e. The van der Waals surface area contributed by atoms with Crippen LogP contribution in [0.2, 0.25) is 0 Å². The number of hydrogen-bond acceptors (Lipinski definition) is 3. The summed E-state index contributed by atoms with van der Waals surface area (Å²) < 4.78 is 10.1. The van der Waals surface area contributed by atoms with Gasteiger partial charge in [0.05, 0.1) is 7.11 Å². The molecule has 0 aliphatic heterocycles. The summed E-state index contributed by atoms with van der Waals surface area (Å²) in [6, 6.07) is 10.0. The van der Waals surface area contributed by atoms with E-state index in [1.54, 1.807) is 6.08 Å². The molecule has 102 valence electrons. The second-order valence-electron chi connectivity index (χ2n) is 4.03. The van der Waals surface area contributed by atoms with Crippen LogP contribution in [0.15, 0.2) is 48.2 Å². The Labute approximate surface area is 114 Å². The van der Waals surface area contributed by atoms with Gasteiger partial charge in [0.15, 0.2) is 0 Å². The molecule has 0 N–H and O–H groups in total. The van der Waals surface area contributed by atoms with Gasteiger partial charge in [-0.2, -0.15) is 0 Å². The predicted octanol–water partition coefficient (Wildman–Crippen LogP) is 3.57. The van der Waals surface area contributed by atoms with E-state index in [9.17, 15) is 4.79 Å². The maximum absolute atomic E-state index is 11.4. The molecule has 0 saturated carbocycles. The number of methoxy groups -OCH3 is 1. The van der Waals surface area contributed by atoms with Crippen molar-refractivity contribution >= 4 is 11.5 Å². The van der Waals surface area contributed by atoms with Gasteiger partial charge < -0.3 is 9.47 Å². The van der Waals surface area contributed by atoms with Crippen LogP contribution in [-0.2, 0) is 14.3 Å². The van der Waals surface area contributed by atoms with Gasteiger partial charge in [0, 0.05) is 0 Å². The molecule has 1 aromatic rings. The molecule has 3 nitrogen and oxygen atoms in total. The maximum Gasteiger partial charge on any atom is 0.372 e. The zero-order valence-corrected chi connectivity index (χ0v) is 11.7. The fourth-order valence-corrected chi connectivity index (χ4v) is 1.56. The minimum atomic E-state index is -0.437. The summed E-state index contributed by atoms with van der Waals surface area (Å²) in [7, 11) is 1.35. The highest BCUT2D eigenvalue weighted by atomic mass is 16.6. The van der Waals surface area contributed by atoms with Crippen LogP contribution in [0.1, 0.15) is 25.8 Å². The second-order valence-corrected chi connectivity index (χ2v) is 4.03. The van der Waals surface area contributed by atoms with Gasteiger partial charge >= 0.3 is 5.97 Å². The average molecular weight is 260 g/mol. The number of benzene rings is 1. The van der Waals surface area contributed by atoms with Crippen LogP contribution in [0.5, 0.6) is 0 Å². The molecule has 0 radical (unpaired) electrons. The lowest BCUT2D eigenvalue weighted by Crippen LogP contribution is -2.08. The van der Waals surface area contributed by atoms with E-state index in [1.807, 2.05) is 50.3 Å². The van der Waals surface area contributed by atoms with Gasteiger partial charge in [-0.15, -0.1) is 0 Å². The van der Waals surface area contributed by atoms with Gasteiger partial charge in [-0.25, -0.2) is 4.79 Å². The van der Waals surface area contributed by atoms with E-state index in [0.717, 1.165) is 17.6 Å². The lowest BCUT2D eigenvalue weighted by atomic mass is 10.1. The van der Waals surface area contributed by atoms with Crippen LogP contribution in [-0.4, -0.2) is 19.7 Å². The minimum absolute atomic E-state index is 0.266. The standard InChI is InChI=1S/C16H20O3/c1-4-8-15(16(17)18-3)19-12-11-13(2)14-9-6-5-7-10-14/h5-11H,4,12H2,1-3H3/b13-11+,15-8+. The van der Waals surface area contributed by atoms with Crippen molar-refractivity contribution in [1.82, 2.24) is 0 Å². The quantitative estimate of drug-likeness (QED) is 0.445. The molecule has 1 rings (SSSR count). The van der Waals surface area contributed by atoms with Crippen LogP contribution in [0, 0.1) is 0 Å². The Morgan fingerprint density at radius 3 is 2.47 bits per heavy atom. The molecular formula is C16H20O3. The molecule has 0 aliphatic rings. The first-order valence-corrected chi connectivity index (χ1v) is 6.32. The molecule has 0 aromatic heterocycles. The van der Waals surface area contributed by atoms with E-state index in [0.29, 0.717) is 6.61 Å². The van der Waals surface area contributed by atoms with E-state index in [-0.39, 0.29) is 5.76 Å². The lowest BCUT2D eigenvalue weighted by molar-refractivity contribution is -0.139. The first-order chi connectivity index (χ1) is 9.19. The van der Waals surface area contributed by atoms with E-state index < -0.39 is 5.97 Å². The molecule has 3 heteroatoms. The Morgan fingerprint density at radius 1 is 1.21 bits per heavy atom. The second kappa shape index (κ2) is 8.14. The third kappa shape index (κ3) is 5.00. The summed E-state index contributed by atoms with van der Waals surface area (Å²) in [6.45, 7) is 4.30. The Kier molecular flexibility index (Phi) is 6.44. The molecule has 0 saturated heterocycles. The number of hydrogen-bond donors (Lipinski definition) is 0. The summed E-state index contributed by atoms with van der Waals surface area (Å²) in [4.78, 5) is 11.4. The molecule has 1 aromatic carbocycles. The topological polar surface area (TPSA) is 35.5 Å². The van der Waals surface area contributed by atoms with E-state index >= 15 is 0 Å². The molecular weight excluding hydrogens is 240 g/mol. The number of carbonyl (C=O) groups excluding carboxylic acids is 1. The van der Waals surface area contributed by atoms with Crippen molar-refractivity contribution in [2.45, 2.75) is 20.3 Å². The SMILES string of the molecule is CC/C=C(/OC/C=C(\C)c1ccccc1)C(=O)OC. The smallest absolute Gasteiger partial charge is 0.372 e. The molecule has 0 spiro atoms. The summed E-state index contributed by atoms with van der Waals surface area (Å²) in [5.41, 5.74) is 2.26. The normalized spacial score (nSPS) is 12.2. The highest BCUT2D eigenvalue weighted by Crippen LogP contribution is 2.13. The van der Waals surface area contributed by atoms with Crippen molar-refractivity contribution < 1.29 is 14.3 Å². The predicted molar refractivity (Wildman–Crippen MR) is 76.4 cm³/mol. The lowest BCUT2D eigenvalue weighted by Gasteiger charge is -2.07. The van der Waals surface area contributed by atoms with Crippen LogP contribution < -0.4 is 0 Å². The van der Waals surface area contributed by atoms with Crippen LogP contribution in [0.3, 0.4) is 0 Å². The summed E-state index contributed by atoms with van der Waals surface area (Å²) >= 11 is 0. The molecule has 0 aliphatic carbocycles. The summed E-state index contributed by atoms with van der Waals surface area (Å²) in [5.74, 6) is -0.172. The first-order valence-electron chi connectivity index (χ1n) is 6.32. The van der Waals surface area contributed by atoms with Crippen molar-refractivity contribution in [3.8, 4) is 0 Å². The third-order valence-corrected chi connectivity index (χ3v) is 2.63. The molecule has 0 unspecified atom stereocenters. The largest absolute Gasteiger partial charge is 0.483 e. The van der Waals surface area contributed by atoms with E-state index in [1.165, 1.54) is 7.11 Å². The van der Waals surface area contributed by atoms with Crippen LogP contribution in [0.25, 0.3) is 5.57 Å². The van der Waals surface area contributed by atoms with Gasteiger partial charge in [0.25, 0.3) is 0 Å². The van der Waals surface area contributed by atoms with Crippen LogP contribution in [0.4, 0.5) is 0 Å². The summed E-state index contributed by atoms with van der Waals surface area (Å²) in [6.07, 6.45) is 4.39. The van der Waals surface area contributed by atoms with Gasteiger partial charge in [0.1, 0.15) is 6.61 Å². The summed E-state index contributed by atoms with van der Waals surface area (Å²) in [5, 5.41) is 0. The van der Waals surface area contributed by atoms with Gasteiger partial charge in [0.2, 0.25) is 5.76 Å². The van der Waals surface area contributed by atoms with Crippen molar-refractivity contribution in [3.63, 3.8) is 0 Å². The Bertz CT molecular complexity index is 458. The fraction of sp³-hybridized carbons (Fsp3) is 0.312. The number of carbonyl (C=O) groups is 1. The highest BCUT2D eigenvalue weighted by Gasteiger charge is 2.09. The third-order valence-electron chi connectivity index (χ3n) is 2.63. The number of rotatable bonds is 6. The fourth-order valence-electron chi connectivity index (χ4n) is 1.56. The van der Waals surface area contributed by atoms with Gasteiger partial charge in [-0.05, 0) is 36.6 Å². The highest BCUT2D eigenvalue weighted by molar-refractivity contribution is 5.86. The van der Waals surface area contributed by atoms with Crippen molar-refractivity contribution in [2.24, 2.45) is 0 Å². The van der Waals surface area contributed by atoms with Crippen molar-refractivity contribution in [1.29, 1.82) is 0 Å². The zero-order valence-electron chi connectivity index (χ0n) is 11.7. The first kappa shape index (κ1) is 15.0. The molecule has 0 bridgehead atoms. The monoisotopic (exact) mass is 260 g/mol. The average Bonchev–Trinajstić information content (AvgIpc) is 2.46. The maximum atomic E-state index is 11.4. The molecule has 0 heterocycles. The van der Waals surface area contributed by atoms with Crippen LogP contribution >= 0.6 is 0 Å². The van der Waals surface area contributed by atoms with E-state index in [2.05, 4.69) is 4.74 Å². The van der Waals surface area contributed by atoms with Gasteiger partial charge in [-0.1, -0.05) is 37.3 Å². The molecule has 0 atom stereocenters. The Hall–Kier alpha value is -2.03. The van der Waals surface area contributed by atoms with Crippen molar-refractivity contribution in [3.05, 3.63) is 53.8 Å². The Morgan fingerprint density at radius 2 is 1.89 bits per heavy atom. The van der Waals surface area contributed by atoms with E-state index in [4.69, 9.17) is 4.74 Å². The molecule has 0 fully saturated rings. The Balaban J connectivity index is 2.61. The number of ether oxygens (including phenoxy) is 2. The number of esters is 1. The molecule has 0 amide bonds.